The highest BCUT2D eigenvalue weighted by atomic mass is 35.5. The Morgan fingerprint density at radius 3 is 2.89 bits per heavy atom. The first-order valence-corrected chi connectivity index (χ1v) is 8.99. The van der Waals surface area contributed by atoms with E-state index in [0.29, 0.717) is 18.3 Å². The van der Waals surface area contributed by atoms with Crippen molar-refractivity contribution in [1.29, 1.82) is 0 Å². The maximum atomic E-state index is 12.1. The Labute approximate surface area is 161 Å². The van der Waals surface area contributed by atoms with Crippen LogP contribution in [0.5, 0.6) is 0 Å². The number of anilines is 1. The minimum absolute atomic E-state index is 0.0431. The number of nitrogens with one attached hydrogen (secondary N) is 1. The lowest BCUT2D eigenvalue weighted by atomic mass is 10.2. The van der Waals surface area contributed by atoms with Gasteiger partial charge in [0, 0.05) is 25.5 Å². The molecule has 8 nitrogen and oxygen atoms in total. The topological polar surface area (TPSA) is 84.7 Å². The Hall–Kier alpha value is -2.71. The zero-order valence-corrected chi connectivity index (χ0v) is 15.8. The van der Waals surface area contributed by atoms with Gasteiger partial charge in [0.2, 0.25) is 5.82 Å². The normalized spacial score (nSPS) is 13.7. The molecule has 1 saturated carbocycles. The molecule has 0 radical (unpaired) electrons. The lowest BCUT2D eigenvalue weighted by molar-refractivity contribution is -0.0764. The zero-order valence-electron chi connectivity index (χ0n) is 15.0. The maximum Gasteiger partial charge on any atom is 0.315 e. The van der Waals surface area contributed by atoms with E-state index in [4.69, 9.17) is 16.4 Å². The van der Waals surface area contributed by atoms with Gasteiger partial charge in [0.25, 0.3) is 0 Å². The van der Waals surface area contributed by atoms with Gasteiger partial charge >= 0.3 is 5.91 Å². The van der Waals surface area contributed by atoms with E-state index in [2.05, 4.69) is 32.5 Å². The van der Waals surface area contributed by atoms with E-state index in [1.54, 1.807) is 6.07 Å². The highest BCUT2D eigenvalue weighted by Crippen LogP contribution is 2.39. The molecule has 9 heteroatoms. The van der Waals surface area contributed by atoms with Gasteiger partial charge in [0.1, 0.15) is 16.6 Å². The summed E-state index contributed by atoms with van der Waals surface area (Å²) in [6.07, 6.45) is 6.66. The molecule has 1 aliphatic rings. The van der Waals surface area contributed by atoms with Crippen LogP contribution in [0, 0.1) is 0 Å². The standard InChI is InChI=1S/C18H19ClN6O2/c1-24(27-2)18(26)17-22-14(19)7-15(23-17)20-8-13-10-25-9-12(11-3-4-11)5-6-16(25)21-13/h5-7,9-11H,3-4,8H2,1-2H3,(H,20,22,23). The molecule has 3 aromatic heterocycles. The molecule has 1 amide bonds. The molecule has 0 aromatic carbocycles. The van der Waals surface area contributed by atoms with Crippen LogP contribution in [0.15, 0.2) is 30.6 Å². The number of imidazole rings is 1. The summed E-state index contributed by atoms with van der Waals surface area (Å²) in [5.41, 5.74) is 3.11. The first-order valence-electron chi connectivity index (χ1n) is 8.61. The Balaban J connectivity index is 1.50. The largest absolute Gasteiger partial charge is 0.364 e. The van der Waals surface area contributed by atoms with Crippen molar-refractivity contribution in [2.24, 2.45) is 0 Å². The Morgan fingerprint density at radius 1 is 1.33 bits per heavy atom. The minimum Gasteiger partial charge on any atom is -0.364 e. The van der Waals surface area contributed by atoms with Crippen molar-refractivity contribution in [3.63, 3.8) is 0 Å². The zero-order chi connectivity index (χ0) is 19.0. The van der Waals surface area contributed by atoms with Gasteiger partial charge in [-0.3, -0.25) is 9.63 Å². The van der Waals surface area contributed by atoms with Gasteiger partial charge in [-0.2, -0.15) is 0 Å². The minimum atomic E-state index is -0.483. The smallest absolute Gasteiger partial charge is 0.315 e. The van der Waals surface area contributed by atoms with E-state index < -0.39 is 5.91 Å². The third kappa shape index (κ3) is 3.86. The molecular weight excluding hydrogens is 368 g/mol. The van der Waals surface area contributed by atoms with Crippen LogP contribution in [0.25, 0.3) is 5.65 Å². The number of fused-ring (bicyclic) bond motifs is 1. The van der Waals surface area contributed by atoms with Crippen LogP contribution >= 0.6 is 11.6 Å². The summed E-state index contributed by atoms with van der Waals surface area (Å²) in [6, 6.07) is 5.74. The molecule has 0 atom stereocenters. The van der Waals surface area contributed by atoms with E-state index in [1.807, 2.05) is 16.7 Å². The molecule has 0 saturated heterocycles. The SMILES string of the molecule is CON(C)C(=O)c1nc(Cl)cc(NCc2cn3cc(C4CC4)ccc3n2)n1. The molecule has 140 valence electrons. The number of pyridine rings is 1. The van der Waals surface area contributed by atoms with Crippen LogP contribution < -0.4 is 5.32 Å². The van der Waals surface area contributed by atoms with Crippen molar-refractivity contribution in [2.45, 2.75) is 25.3 Å². The number of aromatic nitrogens is 4. The second kappa shape index (κ2) is 7.13. The molecule has 0 spiro atoms. The number of hydroxylamine groups is 2. The first kappa shape index (κ1) is 17.7. The van der Waals surface area contributed by atoms with Crippen molar-refractivity contribution < 1.29 is 9.63 Å². The molecular formula is C18H19ClN6O2. The van der Waals surface area contributed by atoms with E-state index in [1.165, 1.54) is 32.6 Å². The Kier molecular flexibility index (Phi) is 4.67. The van der Waals surface area contributed by atoms with Crippen molar-refractivity contribution in [3.05, 3.63) is 52.8 Å². The van der Waals surface area contributed by atoms with Crippen molar-refractivity contribution >= 4 is 29.0 Å². The summed E-state index contributed by atoms with van der Waals surface area (Å²) in [5.74, 6) is 0.614. The summed E-state index contributed by atoms with van der Waals surface area (Å²) in [6.45, 7) is 0.446. The highest BCUT2D eigenvalue weighted by molar-refractivity contribution is 6.29. The molecule has 27 heavy (non-hydrogen) atoms. The Bertz CT molecular complexity index is 1000. The van der Waals surface area contributed by atoms with Gasteiger partial charge in [0.05, 0.1) is 19.3 Å². The van der Waals surface area contributed by atoms with Gasteiger partial charge in [-0.25, -0.2) is 20.0 Å². The van der Waals surface area contributed by atoms with Gasteiger partial charge in [-0.05, 0) is 30.4 Å². The summed E-state index contributed by atoms with van der Waals surface area (Å²) in [7, 11) is 2.87. The number of rotatable bonds is 6. The third-order valence-electron chi connectivity index (χ3n) is 4.47. The highest BCUT2D eigenvalue weighted by Gasteiger charge is 2.23. The number of carbonyl (C=O) groups is 1. The fourth-order valence-corrected chi connectivity index (χ4v) is 3.00. The molecule has 0 bridgehead atoms. The van der Waals surface area contributed by atoms with Gasteiger partial charge in [-0.15, -0.1) is 0 Å². The van der Waals surface area contributed by atoms with E-state index in [0.717, 1.165) is 16.4 Å². The van der Waals surface area contributed by atoms with Gasteiger partial charge in [-0.1, -0.05) is 17.7 Å². The third-order valence-corrected chi connectivity index (χ3v) is 4.66. The number of amides is 1. The van der Waals surface area contributed by atoms with Crippen molar-refractivity contribution in [2.75, 3.05) is 19.5 Å². The summed E-state index contributed by atoms with van der Waals surface area (Å²) in [5, 5.41) is 4.35. The van der Waals surface area contributed by atoms with Crippen molar-refractivity contribution in [1.82, 2.24) is 24.4 Å². The maximum absolute atomic E-state index is 12.1. The number of carbonyl (C=O) groups excluding carboxylic acids is 1. The van der Waals surface area contributed by atoms with E-state index >= 15 is 0 Å². The summed E-state index contributed by atoms with van der Waals surface area (Å²) < 4.78 is 2.04. The predicted octanol–water partition coefficient (Wildman–Crippen LogP) is 2.90. The Morgan fingerprint density at radius 2 is 2.15 bits per heavy atom. The average Bonchev–Trinajstić information content (AvgIpc) is 3.44. The number of hydrogen-bond donors (Lipinski definition) is 1. The molecule has 3 heterocycles. The van der Waals surface area contributed by atoms with Crippen LogP contribution in [-0.4, -0.2) is 44.5 Å². The summed E-state index contributed by atoms with van der Waals surface area (Å²) in [4.78, 5) is 29.8. The average molecular weight is 387 g/mol. The monoisotopic (exact) mass is 386 g/mol. The lowest BCUT2D eigenvalue weighted by Gasteiger charge is -2.13. The molecule has 1 aliphatic carbocycles. The van der Waals surface area contributed by atoms with Gasteiger partial charge < -0.3 is 9.72 Å². The number of halogens is 1. The van der Waals surface area contributed by atoms with Gasteiger partial charge in [0.15, 0.2) is 0 Å². The fraction of sp³-hybridized carbons (Fsp3) is 0.333. The van der Waals surface area contributed by atoms with Crippen LogP contribution in [0.1, 0.15) is 40.6 Å². The van der Waals surface area contributed by atoms with E-state index in [-0.39, 0.29) is 11.0 Å². The number of nitrogens with zero attached hydrogens (tertiary/aromatic N) is 5. The number of hydrogen-bond acceptors (Lipinski definition) is 6. The molecule has 1 N–H and O–H groups in total. The van der Waals surface area contributed by atoms with Crippen LogP contribution in [-0.2, 0) is 11.4 Å². The van der Waals surface area contributed by atoms with E-state index in [9.17, 15) is 4.79 Å². The summed E-state index contributed by atoms with van der Waals surface area (Å²) >= 11 is 6.02. The molecule has 3 aromatic rings. The second-order valence-corrected chi connectivity index (χ2v) is 6.86. The second-order valence-electron chi connectivity index (χ2n) is 6.47. The van der Waals surface area contributed by atoms with Crippen LogP contribution in [0.3, 0.4) is 0 Å². The molecule has 4 rings (SSSR count). The molecule has 0 aliphatic heterocycles. The van der Waals surface area contributed by atoms with Crippen LogP contribution in [0.4, 0.5) is 5.82 Å². The predicted molar refractivity (Wildman–Crippen MR) is 101 cm³/mol. The van der Waals surface area contributed by atoms with Crippen molar-refractivity contribution in [3.8, 4) is 0 Å². The molecule has 0 unspecified atom stereocenters. The quantitative estimate of drug-likeness (QED) is 0.518. The fourth-order valence-electron chi connectivity index (χ4n) is 2.81. The molecule has 1 fully saturated rings. The lowest BCUT2D eigenvalue weighted by Crippen LogP contribution is -2.27. The van der Waals surface area contributed by atoms with Crippen LogP contribution in [0.2, 0.25) is 5.15 Å². The first-order chi connectivity index (χ1) is 13.0.